The number of carbonyl (C=O) groups is 1. The van der Waals surface area contributed by atoms with Gasteiger partial charge in [0.2, 0.25) is 0 Å². The minimum absolute atomic E-state index is 0.0245. The number of benzene rings is 3. The molecule has 0 radical (unpaired) electrons. The molecule has 1 aromatic heterocycles. The molecule has 7 nitrogen and oxygen atoms in total. The van der Waals surface area contributed by atoms with Gasteiger partial charge in [0.15, 0.2) is 11.0 Å². The molecule has 0 aliphatic carbocycles. The van der Waals surface area contributed by atoms with Crippen LogP contribution in [0, 0.1) is 5.82 Å². The number of ether oxygens (including phenoxy) is 2. The van der Waals surface area contributed by atoms with E-state index in [4.69, 9.17) is 9.47 Å². The highest BCUT2D eigenvalue weighted by atomic mass is 32.2. The maximum atomic E-state index is 13.6. The second kappa shape index (κ2) is 10.9. The van der Waals surface area contributed by atoms with Crippen molar-refractivity contribution in [2.45, 2.75) is 10.9 Å². The summed E-state index contributed by atoms with van der Waals surface area (Å²) in [6.07, 6.45) is 0. The van der Waals surface area contributed by atoms with E-state index in [0.717, 1.165) is 16.8 Å². The largest absolute Gasteiger partial charge is 0.497 e. The number of amides is 1. The Balaban J connectivity index is 1.38. The van der Waals surface area contributed by atoms with Crippen LogP contribution in [0.3, 0.4) is 0 Å². The standard InChI is InChI=1S/C27H25FN4O3S/c1-34-24-4-2-3-21(17-24)25-29-30-27(32(25)23-11-9-22(28)10-12-23)36-18-19-5-7-20(8-6-19)26(33)31-13-15-35-16-14-31/h2-12,17H,13-16,18H2,1H3. The van der Waals surface area contributed by atoms with Crippen molar-refractivity contribution in [3.63, 3.8) is 0 Å². The summed E-state index contributed by atoms with van der Waals surface area (Å²) >= 11 is 1.52. The van der Waals surface area contributed by atoms with Crippen molar-refractivity contribution in [1.82, 2.24) is 19.7 Å². The lowest BCUT2D eigenvalue weighted by molar-refractivity contribution is 0.0303. The van der Waals surface area contributed by atoms with E-state index in [0.29, 0.717) is 54.3 Å². The first-order valence-corrected chi connectivity index (χ1v) is 12.6. The fourth-order valence-electron chi connectivity index (χ4n) is 3.98. The molecule has 1 fully saturated rings. The van der Waals surface area contributed by atoms with Gasteiger partial charge in [0, 0.05) is 35.7 Å². The van der Waals surface area contributed by atoms with Crippen molar-refractivity contribution < 1.29 is 18.7 Å². The van der Waals surface area contributed by atoms with Crippen LogP contribution in [0.25, 0.3) is 17.1 Å². The van der Waals surface area contributed by atoms with E-state index in [9.17, 15) is 9.18 Å². The van der Waals surface area contributed by atoms with Crippen molar-refractivity contribution >= 4 is 17.7 Å². The summed E-state index contributed by atoms with van der Waals surface area (Å²) in [5.41, 5.74) is 3.31. The van der Waals surface area contributed by atoms with Gasteiger partial charge in [-0.3, -0.25) is 9.36 Å². The summed E-state index contributed by atoms with van der Waals surface area (Å²) in [7, 11) is 1.62. The van der Waals surface area contributed by atoms with E-state index < -0.39 is 0 Å². The van der Waals surface area contributed by atoms with Crippen LogP contribution in [-0.4, -0.2) is 59.0 Å². The topological polar surface area (TPSA) is 69.5 Å². The van der Waals surface area contributed by atoms with Crippen LogP contribution in [0.15, 0.2) is 78.0 Å². The number of morpholine rings is 1. The molecule has 0 bridgehead atoms. The van der Waals surface area contributed by atoms with E-state index in [1.807, 2.05) is 58.0 Å². The van der Waals surface area contributed by atoms with Crippen LogP contribution in [0.4, 0.5) is 4.39 Å². The highest BCUT2D eigenvalue weighted by Gasteiger charge is 2.19. The molecule has 0 spiro atoms. The second-order valence-electron chi connectivity index (χ2n) is 8.24. The summed E-state index contributed by atoms with van der Waals surface area (Å²) in [5, 5.41) is 9.56. The monoisotopic (exact) mass is 504 g/mol. The number of carbonyl (C=O) groups excluding carboxylic acids is 1. The predicted octanol–water partition coefficient (Wildman–Crippen LogP) is 4.85. The molecule has 1 aliphatic rings. The Labute approximate surface area is 212 Å². The number of methoxy groups -OCH3 is 1. The average Bonchev–Trinajstić information content (AvgIpc) is 3.37. The third-order valence-electron chi connectivity index (χ3n) is 5.91. The zero-order valence-electron chi connectivity index (χ0n) is 19.8. The van der Waals surface area contributed by atoms with Gasteiger partial charge in [-0.25, -0.2) is 4.39 Å². The van der Waals surface area contributed by atoms with Crippen molar-refractivity contribution in [1.29, 1.82) is 0 Å². The number of nitrogens with zero attached hydrogens (tertiary/aromatic N) is 4. The maximum absolute atomic E-state index is 13.6. The van der Waals surface area contributed by atoms with E-state index in [-0.39, 0.29) is 11.7 Å². The lowest BCUT2D eigenvalue weighted by Crippen LogP contribution is -2.40. The Bertz CT molecular complexity index is 1340. The molecule has 36 heavy (non-hydrogen) atoms. The molecule has 3 aromatic carbocycles. The van der Waals surface area contributed by atoms with Gasteiger partial charge >= 0.3 is 0 Å². The zero-order valence-corrected chi connectivity index (χ0v) is 20.6. The first-order valence-electron chi connectivity index (χ1n) is 11.6. The van der Waals surface area contributed by atoms with E-state index >= 15 is 0 Å². The highest BCUT2D eigenvalue weighted by Crippen LogP contribution is 2.31. The lowest BCUT2D eigenvalue weighted by atomic mass is 10.1. The first-order chi connectivity index (χ1) is 17.6. The summed E-state index contributed by atoms with van der Waals surface area (Å²) in [6.45, 7) is 2.39. The third-order valence-corrected chi connectivity index (χ3v) is 6.91. The van der Waals surface area contributed by atoms with Crippen LogP contribution in [0.5, 0.6) is 5.75 Å². The Morgan fingerprint density at radius 3 is 2.50 bits per heavy atom. The van der Waals surface area contributed by atoms with Crippen LogP contribution in [0.2, 0.25) is 0 Å². The van der Waals surface area contributed by atoms with Gasteiger partial charge in [-0.1, -0.05) is 36.0 Å². The van der Waals surface area contributed by atoms with Gasteiger partial charge in [0.05, 0.1) is 20.3 Å². The Morgan fingerprint density at radius 1 is 1.03 bits per heavy atom. The fourth-order valence-corrected chi connectivity index (χ4v) is 4.88. The molecule has 4 aromatic rings. The fraction of sp³-hybridized carbons (Fsp3) is 0.222. The summed E-state index contributed by atoms with van der Waals surface area (Å²) < 4.78 is 26.2. The van der Waals surface area contributed by atoms with Gasteiger partial charge in [-0.15, -0.1) is 10.2 Å². The van der Waals surface area contributed by atoms with Crippen molar-refractivity contribution in [3.05, 3.63) is 89.7 Å². The van der Waals surface area contributed by atoms with E-state index in [1.165, 1.54) is 23.9 Å². The molecule has 1 saturated heterocycles. The number of thioether (sulfide) groups is 1. The first kappa shape index (κ1) is 24.0. The predicted molar refractivity (Wildman–Crippen MR) is 136 cm³/mol. The summed E-state index contributed by atoms with van der Waals surface area (Å²) in [6, 6.07) is 21.5. The average molecular weight is 505 g/mol. The molecule has 1 aliphatic heterocycles. The quantitative estimate of drug-likeness (QED) is 0.335. The minimum Gasteiger partial charge on any atom is -0.497 e. The zero-order chi connectivity index (χ0) is 24.9. The summed E-state index contributed by atoms with van der Waals surface area (Å²) in [5.74, 6) is 1.69. The van der Waals surface area contributed by atoms with E-state index in [1.54, 1.807) is 19.2 Å². The number of hydrogen-bond donors (Lipinski definition) is 0. The van der Waals surface area contributed by atoms with Crippen molar-refractivity contribution in [2.24, 2.45) is 0 Å². The minimum atomic E-state index is -0.310. The molecule has 2 heterocycles. The SMILES string of the molecule is COc1cccc(-c2nnc(SCc3ccc(C(=O)N4CCOCC4)cc3)n2-c2ccc(F)cc2)c1. The van der Waals surface area contributed by atoms with Gasteiger partial charge in [-0.05, 0) is 54.1 Å². The summed E-state index contributed by atoms with van der Waals surface area (Å²) in [4.78, 5) is 14.5. The smallest absolute Gasteiger partial charge is 0.254 e. The van der Waals surface area contributed by atoms with Gasteiger partial charge in [0.1, 0.15) is 11.6 Å². The Morgan fingerprint density at radius 2 is 1.78 bits per heavy atom. The van der Waals surface area contributed by atoms with E-state index in [2.05, 4.69) is 10.2 Å². The molecule has 0 unspecified atom stereocenters. The molecule has 0 N–H and O–H groups in total. The lowest BCUT2D eigenvalue weighted by Gasteiger charge is -2.26. The molecular formula is C27H25FN4O3S. The van der Waals surface area contributed by atoms with Crippen LogP contribution in [0.1, 0.15) is 15.9 Å². The maximum Gasteiger partial charge on any atom is 0.254 e. The second-order valence-corrected chi connectivity index (χ2v) is 9.18. The van der Waals surface area contributed by atoms with Crippen LogP contribution in [-0.2, 0) is 10.5 Å². The van der Waals surface area contributed by atoms with Gasteiger partial charge < -0.3 is 14.4 Å². The number of aromatic nitrogens is 3. The molecular weight excluding hydrogens is 479 g/mol. The van der Waals surface area contributed by atoms with Crippen LogP contribution < -0.4 is 4.74 Å². The van der Waals surface area contributed by atoms with Crippen LogP contribution >= 0.6 is 11.8 Å². The molecule has 184 valence electrons. The van der Waals surface area contributed by atoms with Gasteiger partial charge in [-0.2, -0.15) is 0 Å². The Hall–Kier alpha value is -3.69. The molecule has 0 atom stereocenters. The molecule has 5 rings (SSSR count). The Kier molecular flexibility index (Phi) is 7.29. The highest BCUT2D eigenvalue weighted by molar-refractivity contribution is 7.98. The normalized spacial score (nSPS) is 13.6. The van der Waals surface area contributed by atoms with Crippen molar-refractivity contribution in [2.75, 3.05) is 33.4 Å². The van der Waals surface area contributed by atoms with Gasteiger partial charge in [0.25, 0.3) is 5.91 Å². The number of halogens is 1. The van der Waals surface area contributed by atoms with Crippen molar-refractivity contribution in [3.8, 4) is 22.8 Å². The number of hydrogen-bond acceptors (Lipinski definition) is 6. The number of rotatable bonds is 7. The molecule has 0 saturated carbocycles. The third kappa shape index (κ3) is 5.27. The molecule has 9 heteroatoms. The molecule has 1 amide bonds.